The molecule has 0 spiro atoms. The number of rotatable bonds is 1. The number of phenols is 1. The Balaban J connectivity index is 2.18. The molecule has 0 saturated carbocycles. The minimum Gasteiger partial charge on any atom is -0.505 e. The fourth-order valence-corrected chi connectivity index (χ4v) is 1.84. The highest BCUT2D eigenvalue weighted by Gasteiger charge is 2.12. The average Bonchev–Trinajstić information content (AvgIpc) is 2.23. The maximum absolute atomic E-state index is 13.1. The van der Waals surface area contributed by atoms with Gasteiger partial charge in [-0.1, -0.05) is 0 Å². The lowest BCUT2D eigenvalue weighted by molar-refractivity contribution is 0.432. The first-order valence-electron chi connectivity index (χ1n) is 5.01. The summed E-state index contributed by atoms with van der Waals surface area (Å²) in [5.41, 5.74) is 0.875. The molecule has 76 valence electrons. The highest BCUT2D eigenvalue weighted by molar-refractivity contribution is 5.49. The number of phenolic OH excluding ortho intramolecular Hbond substituents is 1. The summed E-state index contributed by atoms with van der Waals surface area (Å²) in [6.45, 7) is 1.98. The van der Waals surface area contributed by atoms with Crippen molar-refractivity contribution in [2.75, 3.05) is 18.0 Å². The third kappa shape index (κ3) is 1.81. The predicted molar refractivity (Wildman–Crippen MR) is 54.1 cm³/mol. The monoisotopic (exact) mass is 195 g/mol. The molecule has 0 bridgehead atoms. The Bertz CT molecular complexity index is 321. The van der Waals surface area contributed by atoms with Gasteiger partial charge in [-0.15, -0.1) is 0 Å². The number of anilines is 1. The highest BCUT2D eigenvalue weighted by atomic mass is 19.1. The van der Waals surface area contributed by atoms with Gasteiger partial charge in [0.2, 0.25) is 0 Å². The minimum absolute atomic E-state index is 0.272. The van der Waals surface area contributed by atoms with Crippen LogP contribution in [0.3, 0.4) is 0 Å². The molecule has 0 aromatic heterocycles. The van der Waals surface area contributed by atoms with Crippen molar-refractivity contribution in [2.24, 2.45) is 0 Å². The van der Waals surface area contributed by atoms with E-state index in [4.69, 9.17) is 5.11 Å². The molecule has 1 fully saturated rings. The molecule has 0 amide bonds. The summed E-state index contributed by atoms with van der Waals surface area (Å²) in [5, 5.41) is 9.05. The quantitative estimate of drug-likeness (QED) is 0.744. The topological polar surface area (TPSA) is 23.5 Å². The molecule has 3 heteroatoms. The third-order valence-corrected chi connectivity index (χ3v) is 2.65. The van der Waals surface area contributed by atoms with Gasteiger partial charge in [-0.3, -0.25) is 0 Å². The fraction of sp³-hybridized carbons (Fsp3) is 0.455. The van der Waals surface area contributed by atoms with Gasteiger partial charge in [0, 0.05) is 24.8 Å². The van der Waals surface area contributed by atoms with Crippen LogP contribution in [0.2, 0.25) is 0 Å². The summed E-state index contributed by atoms with van der Waals surface area (Å²) in [5.74, 6) is -0.807. The molecule has 1 heterocycles. The molecule has 1 aliphatic heterocycles. The first-order valence-corrected chi connectivity index (χ1v) is 5.01. The number of benzene rings is 1. The summed E-state index contributed by atoms with van der Waals surface area (Å²) in [6, 6.07) is 4.59. The van der Waals surface area contributed by atoms with Crippen molar-refractivity contribution in [3.63, 3.8) is 0 Å². The summed E-state index contributed by atoms with van der Waals surface area (Å²) in [4.78, 5) is 2.16. The first-order chi connectivity index (χ1) is 6.77. The lowest BCUT2D eigenvalue weighted by Gasteiger charge is -2.28. The Morgan fingerprint density at radius 3 is 2.50 bits per heavy atom. The SMILES string of the molecule is Oc1ccc(N2CCCCC2)cc1F. The lowest BCUT2D eigenvalue weighted by atomic mass is 10.1. The molecule has 2 rings (SSSR count). The molecule has 14 heavy (non-hydrogen) atoms. The number of hydrogen-bond donors (Lipinski definition) is 1. The summed E-state index contributed by atoms with van der Waals surface area (Å²) >= 11 is 0. The maximum atomic E-state index is 13.1. The lowest BCUT2D eigenvalue weighted by Crippen LogP contribution is -2.29. The van der Waals surface area contributed by atoms with Gasteiger partial charge in [0.05, 0.1) is 0 Å². The Kier molecular flexibility index (Phi) is 2.57. The van der Waals surface area contributed by atoms with Crippen molar-refractivity contribution in [1.29, 1.82) is 0 Å². The molecule has 0 aliphatic carbocycles. The van der Waals surface area contributed by atoms with Gasteiger partial charge >= 0.3 is 0 Å². The number of hydrogen-bond acceptors (Lipinski definition) is 2. The van der Waals surface area contributed by atoms with E-state index in [2.05, 4.69) is 4.90 Å². The van der Waals surface area contributed by atoms with Crippen LogP contribution in [-0.2, 0) is 0 Å². The Hall–Kier alpha value is -1.25. The summed E-state index contributed by atoms with van der Waals surface area (Å²) < 4.78 is 13.1. The van der Waals surface area contributed by atoms with Crippen LogP contribution >= 0.6 is 0 Å². The average molecular weight is 195 g/mol. The van der Waals surface area contributed by atoms with E-state index in [1.165, 1.54) is 31.4 Å². The highest BCUT2D eigenvalue weighted by Crippen LogP contribution is 2.24. The molecule has 2 nitrogen and oxygen atoms in total. The van der Waals surface area contributed by atoms with Crippen LogP contribution in [0.4, 0.5) is 10.1 Å². The largest absolute Gasteiger partial charge is 0.505 e. The second-order valence-electron chi connectivity index (χ2n) is 3.68. The Labute approximate surface area is 83.0 Å². The van der Waals surface area contributed by atoms with Crippen LogP contribution in [-0.4, -0.2) is 18.2 Å². The maximum Gasteiger partial charge on any atom is 0.166 e. The van der Waals surface area contributed by atoms with Gasteiger partial charge in [0.15, 0.2) is 11.6 Å². The Morgan fingerprint density at radius 1 is 1.14 bits per heavy atom. The van der Waals surface area contributed by atoms with E-state index in [0.29, 0.717) is 0 Å². The number of nitrogens with zero attached hydrogens (tertiary/aromatic N) is 1. The molecule has 1 aromatic rings. The predicted octanol–water partition coefficient (Wildman–Crippen LogP) is 2.52. The molecule has 0 radical (unpaired) electrons. The standard InChI is InChI=1S/C11H14FNO/c12-10-8-9(4-5-11(10)14)13-6-2-1-3-7-13/h4-5,8,14H,1-3,6-7H2. The van der Waals surface area contributed by atoms with E-state index in [1.807, 2.05) is 0 Å². The molecule has 1 aromatic carbocycles. The molecule has 1 saturated heterocycles. The normalized spacial score (nSPS) is 17.1. The van der Waals surface area contributed by atoms with Gasteiger partial charge in [0.25, 0.3) is 0 Å². The van der Waals surface area contributed by atoms with Crippen molar-refractivity contribution in [3.05, 3.63) is 24.0 Å². The van der Waals surface area contributed by atoms with Crippen LogP contribution in [0.5, 0.6) is 5.75 Å². The smallest absolute Gasteiger partial charge is 0.166 e. The second kappa shape index (κ2) is 3.86. The zero-order chi connectivity index (χ0) is 9.97. The van der Waals surface area contributed by atoms with Gasteiger partial charge < -0.3 is 10.0 Å². The fourth-order valence-electron chi connectivity index (χ4n) is 1.84. The van der Waals surface area contributed by atoms with E-state index in [1.54, 1.807) is 6.07 Å². The number of aromatic hydroxyl groups is 1. The van der Waals surface area contributed by atoms with Crippen LogP contribution in [0, 0.1) is 5.82 Å². The van der Waals surface area contributed by atoms with Gasteiger partial charge in [-0.2, -0.15) is 0 Å². The van der Waals surface area contributed by atoms with Crippen molar-refractivity contribution < 1.29 is 9.50 Å². The van der Waals surface area contributed by atoms with E-state index in [9.17, 15) is 4.39 Å². The molecule has 1 N–H and O–H groups in total. The molecule has 0 unspecified atom stereocenters. The van der Waals surface area contributed by atoms with Crippen LogP contribution in [0.15, 0.2) is 18.2 Å². The zero-order valence-corrected chi connectivity index (χ0v) is 8.04. The summed E-state index contributed by atoms with van der Waals surface area (Å²) in [7, 11) is 0. The molecule has 0 atom stereocenters. The van der Waals surface area contributed by atoms with Crippen molar-refractivity contribution in [1.82, 2.24) is 0 Å². The van der Waals surface area contributed by atoms with Gasteiger partial charge in [-0.05, 0) is 31.4 Å². The minimum atomic E-state index is -0.534. The van der Waals surface area contributed by atoms with E-state index >= 15 is 0 Å². The summed E-state index contributed by atoms with van der Waals surface area (Å²) in [6.07, 6.45) is 3.60. The van der Waals surface area contributed by atoms with Gasteiger partial charge in [-0.25, -0.2) is 4.39 Å². The van der Waals surface area contributed by atoms with Crippen LogP contribution in [0.1, 0.15) is 19.3 Å². The van der Waals surface area contributed by atoms with Crippen LogP contribution in [0.25, 0.3) is 0 Å². The third-order valence-electron chi connectivity index (χ3n) is 2.65. The molecule has 1 aliphatic rings. The zero-order valence-electron chi connectivity index (χ0n) is 8.04. The number of halogens is 1. The van der Waals surface area contributed by atoms with Crippen molar-refractivity contribution in [2.45, 2.75) is 19.3 Å². The first kappa shape index (κ1) is 9.31. The van der Waals surface area contributed by atoms with E-state index in [-0.39, 0.29) is 5.75 Å². The van der Waals surface area contributed by atoms with Crippen molar-refractivity contribution >= 4 is 5.69 Å². The molecular weight excluding hydrogens is 181 g/mol. The Morgan fingerprint density at radius 2 is 1.86 bits per heavy atom. The molecular formula is C11H14FNO. The number of piperidine rings is 1. The van der Waals surface area contributed by atoms with E-state index < -0.39 is 5.82 Å². The van der Waals surface area contributed by atoms with Crippen LogP contribution < -0.4 is 4.90 Å². The van der Waals surface area contributed by atoms with E-state index in [0.717, 1.165) is 18.8 Å². The second-order valence-corrected chi connectivity index (χ2v) is 3.68. The van der Waals surface area contributed by atoms with Gasteiger partial charge in [0.1, 0.15) is 0 Å². The van der Waals surface area contributed by atoms with Crippen molar-refractivity contribution in [3.8, 4) is 5.75 Å².